The van der Waals surface area contributed by atoms with E-state index in [4.69, 9.17) is 10.5 Å². The average molecular weight is 255 g/mol. The minimum absolute atomic E-state index is 0.747. The van der Waals surface area contributed by atoms with E-state index in [1.165, 1.54) is 5.56 Å². The Morgan fingerprint density at radius 3 is 2.58 bits per heavy atom. The second-order valence-electron chi connectivity index (χ2n) is 4.82. The number of nitrogens with two attached hydrogens (primary N) is 1. The van der Waals surface area contributed by atoms with Gasteiger partial charge in [-0.2, -0.15) is 0 Å². The van der Waals surface area contributed by atoms with Crippen molar-refractivity contribution in [2.24, 2.45) is 0 Å². The highest BCUT2D eigenvalue weighted by Crippen LogP contribution is 2.21. The van der Waals surface area contributed by atoms with Crippen LogP contribution in [-0.4, -0.2) is 6.61 Å². The van der Waals surface area contributed by atoms with E-state index < -0.39 is 0 Å². The third kappa shape index (κ3) is 4.32. The van der Waals surface area contributed by atoms with Crippen LogP contribution in [-0.2, 0) is 6.42 Å². The topological polar surface area (TPSA) is 35.2 Å². The number of unbranched alkanes of at least 4 members (excludes halogenated alkanes) is 1. The van der Waals surface area contributed by atoms with Crippen molar-refractivity contribution in [1.82, 2.24) is 0 Å². The zero-order valence-corrected chi connectivity index (χ0v) is 11.4. The summed E-state index contributed by atoms with van der Waals surface area (Å²) in [7, 11) is 0. The van der Waals surface area contributed by atoms with E-state index in [2.05, 4.69) is 30.3 Å². The van der Waals surface area contributed by atoms with Crippen LogP contribution in [0.5, 0.6) is 5.75 Å². The lowest BCUT2D eigenvalue weighted by Gasteiger charge is -2.09. The summed E-state index contributed by atoms with van der Waals surface area (Å²) < 4.78 is 5.78. The fourth-order valence-electron chi connectivity index (χ4n) is 2.03. The number of benzene rings is 2. The number of hydrogen-bond acceptors (Lipinski definition) is 2. The highest BCUT2D eigenvalue weighted by molar-refractivity contribution is 5.47. The molecule has 0 aliphatic rings. The van der Waals surface area contributed by atoms with Gasteiger partial charge in [0.1, 0.15) is 5.75 Å². The Hall–Kier alpha value is -1.96. The van der Waals surface area contributed by atoms with Gasteiger partial charge in [0.15, 0.2) is 0 Å². The van der Waals surface area contributed by atoms with Crippen LogP contribution in [0.25, 0.3) is 0 Å². The number of nitrogen functional groups attached to an aromatic ring is 1. The van der Waals surface area contributed by atoms with Crippen LogP contribution >= 0.6 is 0 Å². The number of hydrogen-bond donors (Lipinski definition) is 1. The maximum absolute atomic E-state index is 5.78. The van der Waals surface area contributed by atoms with E-state index in [1.807, 2.05) is 25.1 Å². The molecule has 0 aromatic heterocycles. The van der Waals surface area contributed by atoms with Gasteiger partial charge in [0.05, 0.1) is 6.61 Å². The smallest absolute Gasteiger partial charge is 0.124 e. The lowest BCUT2D eigenvalue weighted by atomic mass is 10.1. The minimum atomic E-state index is 0.747. The molecule has 0 radical (unpaired) electrons. The van der Waals surface area contributed by atoms with Crippen LogP contribution in [0.4, 0.5) is 5.69 Å². The van der Waals surface area contributed by atoms with Crippen LogP contribution in [0.3, 0.4) is 0 Å². The first-order valence-corrected chi connectivity index (χ1v) is 6.78. The first kappa shape index (κ1) is 13.5. The van der Waals surface area contributed by atoms with Crippen LogP contribution in [0.2, 0.25) is 0 Å². The van der Waals surface area contributed by atoms with Crippen molar-refractivity contribution in [1.29, 1.82) is 0 Å². The molecule has 2 aromatic carbocycles. The van der Waals surface area contributed by atoms with Crippen molar-refractivity contribution in [2.45, 2.75) is 26.2 Å². The van der Waals surface area contributed by atoms with E-state index >= 15 is 0 Å². The van der Waals surface area contributed by atoms with Crippen LogP contribution < -0.4 is 10.5 Å². The largest absolute Gasteiger partial charge is 0.493 e. The molecular weight excluding hydrogens is 234 g/mol. The minimum Gasteiger partial charge on any atom is -0.493 e. The first-order valence-electron chi connectivity index (χ1n) is 6.78. The zero-order chi connectivity index (χ0) is 13.5. The van der Waals surface area contributed by atoms with Crippen molar-refractivity contribution in [2.75, 3.05) is 12.3 Å². The molecule has 2 rings (SSSR count). The lowest BCUT2D eigenvalue weighted by molar-refractivity contribution is 0.305. The molecule has 0 aliphatic heterocycles. The van der Waals surface area contributed by atoms with Gasteiger partial charge in [0.2, 0.25) is 0 Å². The van der Waals surface area contributed by atoms with E-state index in [9.17, 15) is 0 Å². The molecule has 19 heavy (non-hydrogen) atoms. The summed E-state index contributed by atoms with van der Waals surface area (Å²) in [5.41, 5.74) is 9.04. The lowest BCUT2D eigenvalue weighted by Crippen LogP contribution is -2.00. The summed E-state index contributed by atoms with van der Waals surface area (Å²) in [6.45, 7) is 2.79. The molecule has 2 nitrogen and oxygen atoms in total. The number of anilines is 1. The van der Waals surface area contributed by atoms with Gasteiger partial charge in [0.25, 0.3) is 0 Å². The van der Waals surface area contributed by atoms with E-state index in [0.717, 1.165) is 42.9 Å². The zero-order valence-electron chi connectivity index (χ0n) is 11.4. The summed E-state index contributed by atoms with van der Waals surface area (Å²) in [6.07, 6.45) is 3.31. The molecule has 0 aliphatic carbocycles. The predicted molar refractivity (Wildman–Crippen MR) is 80.5 cm³/mol. The summed E-state index contributed by atoms with van der Waals surface area (Å²) >= 11 is 0. The number of aryl methyl sites for hydroxylation is 2. The van der Waals surface area contributed by atoms with E-state index in [1.54, 1.807) is 0 Å². The van der Waals surface area contributed by atoms with Gasteiger partial charge < -0.3 is 10.5 Å². The molecule has 0 saturated carbocycles. The van der Waals surface area contributed by atoms with Crippen molar-refractivity contribution in [3.8, 4) is 5.75 Å². The Labute approximate surface area is 115 Å². The molecular formula is C17H21NO. The van der Waals surface area contributed by atoms with Crippen molar-refractivity contribution in [3.63, 3.8) is 0 Å². The van der Waals surface area contributed by atoms with E-state index in [0.29, 0.717) is 0 Å². The van der Waals surface area contributed by atoms with E-state index in [-0.39, 0.29) is 0 Å². The van der Waals surface area contributed by atoms with Crippen LogP contribution in [0, 0.1) is 6.92 Å². The fraction of sp³-hybridized carbons (Fsp3) is 0.294. The molecule has 0 saturated heterocycles. The first-order chi connectivity index (χ1) is 9.25. The summed E-state index contributed by atoms with van der Waals surface area (Å²) in [5.74, 6) is 0.903. The maximum atomic E-state index is 5.78. The third-order valence-corrected chi connectivity index (χ3v) is 3.17. The van der Waals surface area contributed by atoms with Gasteiger partial charge in [-0.1, -0.05) is 36.4 Å². The standard InChI is InChI=1S/C17H21NO/c1-14-10-11-16(18)13-17(14)19-12-6-5-9-15-7-3-2-4-8-15/h2-4,7-8,10-11,13H,5-6,9,12,18H2,1H3. The molecule has 0 fully saturated rings. The molecule has 2 aromatic rings. The molecule has 0 heterocycles. The molecule has 100 valence electrons. The van der Waals surface area contributed by atoms with Gasteiger partial charge in [-0.3, -0.25) is 0 Å². The summed E-state index contributed by atoms with van der Waals surface area (Å²) in [6, 6.07) is 16.4. The normalized spacial score (nSPS) is 10.4. The van der Waals surface area contributed by atoms with Gasteiger partial charge >= 0.3 is 0 Å². The monoisotopic (exact) mass is 255 g/mol. The van der Waals surface area contributed by atoms with Crippen molar-refractivity contribution in [3.05, 3.63) is 59.7 Å². The predicted octanol–water partition coefficient (Wildman–Crippen LogP) is 3.98. The van der Waals surface area contributed by atoms with Gasteiger partial charge in [0, 0.05) is 11.8 Å². The molecule has 0 spiro atoms. The number of ether oxygens (including phenoxy) is 1. The summed E-state index contributed by atoms with van der Waals surface area (Å²) in [5, 5.41) is 0. The molecule has 0 atom stereocenters. The van der Waals surface area contributed by atoms with Crippen LogP contribution in [0.1, 0.15) is 24.0 Å². The number of rotatable bonds is 6. The second-order valence-corrected chi connectivity index (χ2v) is 4.82. The van der Waals surface area contributed by atoms with Crippen molar-refractivity contribution < 1.29 is 4.74 Å². The van der Waals surface area contributed by atoms with Crippen molar-refractivity contribution >= 4 is 5.69 Å². The Kier molecular flexibility index (Phi) is 4.85. The second kappa shape index (κ2) is 6.83. The quantitative estimate of drug-likeness (QED) is 0.626. The average Bonchev–Trinajstić information content (AvgIpc) is 2.43. The van der Waals surface area contributed by atoms with Gasteiger partial charge in [-0.25, -0.2) is 0 Å². The Morgan fingerprint density at radius 1 is 1.00 bits per heavy atom. The third-order valence-electron chi connectivity index (χ3n) is 3.17. The SMILES string of the molecule is Cc1ccc(N)cc1OCCCCc1ccccc1. The molecule has 0 bridgehead atoms. The highest BCUT2D eigenvalue weighted by Gasteiger charge is 2.00. The van der Waals surface area contributed by atoms with Crippen LogP contribution in [0.15, 0.2) is 48.5 Å². The van der Waals surface area contributed by atoms with Gasteiger partial charge in [-0.15, -0.1) is 0 Å². The molecule has 0 unspecified atom stereocenters. The maximum Gasteiger partial charge on any atom is 0.124 e. The Bertz CT molecular complexity index is 508. The molecule has 2 N–H and O–H groups in total. The fourth-order valence-corrected chi connectivity index (χ4v) is 2.03. The molecule has 0 amide bonds. The highest BCUT2D eigenvalue weighted by atomic mass is 16.5. The summed E-state index contributed by atoms with van der Waals surface area (Å²) in [4.78, 5) is 0. The van der Waals surface area contributed by atoms with Gasteiger partial charge in [-0.05, 0) is 43.4 Å². The Balaban J connectivity index is 1.71. The Morgan fingerprint density at radius 2 is 1.79 bits per heavy atom. The molecule has 2 heteroatoms.